The maximum atomic E-state index is 2.60. The van der Waals surface area contributed by atoms with Gasteiger partial charge in [0.15, 0.2) is 0 Å². The van der Waals surface area contributed by atoms with Gasteiger partial charge in [0.1, 0.15) is 0 Å². The molecular formula is C14H32N2. The minimum atomic E-state index is 0.358. The highest BCUT2D eigenvalue weighted by Gasteiger charge is 2.25. The first-order chi connectivity index (χ1) is 7.54. The molecule has 1 saturated heterocycles. The fourth-order valence-electron chi connectivity index (χ4n) is 2.02. The summed E-state index contributed by atoms with van der Waals surface area (Å²) in [6.45, 7) is 19.5. The van der Waals surface area contributed by atoms with E-state index in [4.69, 9.17) is 0 Å². The maximum absolute atomic E-state index is 2.60. The van der Waals surface area contributed by atoms with Crippen molar-refractivity contribution in [1.29, 1.82) is 0 Å². The van der Waals surface area contributed by atoms with E-state index in [-0.39, 0.29) is 0 Å². The maximum Gasteiger partial charge on any atom is 0.0126 e. The molecule has 1 fully saturated rings. The lowest BCUT2D eigenvalue weighted by Gasteiger charge is -2.42. The van der Waals surface area contributed by atoms with E-state index >= 15 is 0 Å². The van der Waals surface area contributed by atoms with Crippen LogP contribution in [0.25, 0.3) is 0 Å². The van der Waals surface area contributed by atoms with Crippen molar-refractivity contribution in [3.8, 4) is 0 Å². The van der Waals surface area contributed by atoms with E-state index in [2.05, 4.69) is 37.5 Å². The molecule has 16 heavy (non-hydrogen) atoms. The summed E-state index contributed by atoms with van der Waals surface area (Å²) in [5, 5.41) is 0. The predicted molar refractivity (Wildman–Crippen MR) is 74.0 cm³/mol. The summed E-state index contributed by atoms with van der Waals surface area (Å²) in [5.74, 6) is 0. The minimum Gasteiger partial charge on any atom is -0.301 e. The van der Waals surface area contributed by atoms with E-state index < -0.39 is 0 Å². The third kappa shape index (κ3) is 5.86. The van der Waals surface area contributed by atoms with Crippen LogP contribution in [0.1, 0.15) is 54.4 Å². The molecule has 0 unspecified atom stereocenters. The highest BCUT2D eigenvalue weighted by Crippen LogP contribution is 2.15. The minimum absolute atomic E-state index is 0.358. The normalized spacial score (nSPS) is 19.1. The van der Waals surface area contributed by atoms with Crippen molar-refractivity contribution in [1.82, 2.24) is 9.80 Å². The van der Waals surface area contributed by atoms with Crippen LogP contribution in [0.2, 0.25) is 0 Å². The fourth-order valence-corrected chi connectivity index (χ4v) is 2.02. The number of nitrogens with zero attached hydrogens (tertiary/aromatic N) is 2. The third-order valence-corrected chi connectivity index (χ3v) is 3.15. The second-order valence-corrected chi connectivity index (χ2v) is 5.35. The zero-order valence-corrected chi connectivity index (χ0v) is 12.3. The molecule has 0 aromatic carbocycles. The van der Waals surface area contributed by atoms with Crippen LogP contribution in [0.4, 0.5) is 0 Å². The summed E-state index contributed by atoms with van der Waals surface area (Å²) >= 11 is 0. The van der Waals surface area contributed by atoms with Crippen LogP contribution >= 0.6 is 0 Å². The number of rotatable bonds is 3. The predicted octanol–water partition coefficient (Wildman–Crippen LogP) is 3.23. The number of hydrogen-bond donors (Lipinski definition) is 0. The van der Waals surface area contributed by atoms with Crippen molar-refractivity contribution in [2.45, 2.75) is 59.9 Å². The van der Waals surface area contributed by atoms with Crippen LogP contribution in [0.15, 0.2) is 0 Å². The van der Waals surface area contributed by atoms with Crippen molar-refractivity contribution in [2.75, 3.05) is 32.7 Å². The van der Waals surface area contributed by atoms with Gasteiger partial charge in [-0.2, -0.15) is 0 Å². The molecule has 1 aliphatic heterocycles. The summed E-state index contributed by atoms with van der Waals surface area (Å²) < 4.78 is 0. The largest absolute Gasteiger partial charge is 0.301 e. The molecule has 2 nitrogen and oxygen atoms in total. The van der Waals surface area contributed by atoms with E-state index in [9.17, 15) is 0 Å². The molecule has 0 spiro atoms. The van der Waals surface area contributed by atoms with Crippen LogP contribution < -0.4 is 0 Å². The average Bonchev–Trinajstić information content (AvgIpc) is 2.28. The molecule has 2 heteroatoms. The number of hydrogen-bond acceptors (Lipinski definition) is 2. The molecule has 0 aliphatic carbocycles. The molecule has 0 saturated carbocycles. The molecule has 1 rings (SSSR count). The summed E-state index contributed by atoms with van der Waals surface area (Å²) in [6, 6.07) is 0. The van der Waals surface area contributed by atoms with Crippen molar-refractivity contribution in [3.63, 3.8) is 0 Å². The van der Waals surface area contributed by atoms with E-state index in [1.165, 1.54) is 45.6 Å². The summed E-state index contributed by atoms with van der Waals surface area (Å²) in [4.78, 5) is 5.20. The van der Waals surface area contributed by atoms with Crippen LogP contribution in [0.5, 0.6) is 0 Å². The van der Waals surface area contributed by atoms with Gasteiger partial charge >= 0.3 is 0 Å². The number of unbranched alkanes of at least 4 members (excludes halogenated alkanes) is 1. The van der Waals surface area contributed by atoms with E-state index in [1.54, 1.807) is 0 Å². The molecule has 0 atom stereocenters. The SMILES string of the molecule is CC.CCCCN1CCN(C(C)(C)C)CC1. The van der Waals surface area contributed by atoms with E-state index in [0.717, 1.165) is 0 Å². The van der Waals surface area contributed by atoms with Gasteiger partial charge < -0.3 is 4.90 Å². The van der Waals surface area contributed by atoms with Gasteiger partial charge in [0, 0.05) is 31.7 Å². The number of piperazine rings is 1. The lowest BCUT2D eigenvalue weighted by molar-refractivity contribution is 0.0618. The molecular weight excluding hydrogens is 196 g/mol. The molecule has 0 radical (unpaired) electrons. The van der Waals surface area contributed by atoms with Crippen LogP contribution in [0, 0.1) is 0 Å². The first-order valence-electron chi connectivity index (χ1n) is 7.01. The van der Waals surface area contributed by atoms with Crippen LogP contribution in [-0.4, -0.2) is 48.1 Å². The van der Waals surface area contributed by atoms with Crippen molar-refractivity contribution in [3.05, 3.63) is 0 Å². The van der Waals surface area contributed by atoms with Gasteiger partial charge in [0.2, 0.25) is 0 Å². The molecule has 0 aromatic rings. The van der Waals surface area contributed by atoms with Gasteiger partial charge in [-0.15, -0.1) is 0 Å². The van der Waals surface area contributed by atoms with Gasteiger partial charge in [0.25, 0.3) is 0 Å². The van der Waals surface area contributed by atoms with Crippen LogP contribution in [-0.2, 0) is 0 Å². The molecule has 98 valence electrons. The molecule has 0 aromatic heterocycles. The van der Waals surface area contributed by atoms with Crippen molar-refractivity contribution < 1.29 is 0 Å². The fraction of sp³-hybridized carbons (Fsp3) is 1.00. The zero-order chi connectivity index (χ0) is 12.6. The molecule has 0 bridgehead atoms. The van der Waals surface area contributed by atoms with Crippen LogP contribution in [0.3, 0.4) is 0 Å². The van der Waals surface area contributed by atoms with Gasteiger partial charge in [-0.25, -0.2) is 0 Å². The summed E-state index contributed by atoms with van der Waals surface area (Å²) in [6.07, 6.45) is 2.68. The van der Waals surface area contributed by atoms with Crippen molar-refractivity contribution >= 4 is 0 Å². The molecule has 0 amide bonds. The van der Waals surface area contributed by atoms with Gasteiger partial charge in [0.05, 0.1) is 0 Å². The lowest BCUT2D eigenvalue weighted by atomic mass is 10.0. The average molecular weight is 228 g/mol. The lowest BCUT2D eigenvalue weighted by Crippen LogP contribution is -2.53. The second-order valence-electron chi connectivity index (χ2n) is 5.35. The Labute approximate surface area is 103 Å². The van der Waals surface area contributed by atoms with Gasteiger partial charge in [-0.1, -0.05) is 27.2 Å². The highest BCUT2D eigenvalue weighted by atomic mass is 15.3. The zero-order valence-electron chi connectivity index (χ0n) is 12.3. The first-order valence-corrected chi connectivity index (χ1v) is 7.01. The Balaban J connectivity index is 0.00000106. The Bertz CT molecular complexity index is 153. The standard InChI is InChI=1S/C12H26N2.C2H6/c1-5-6-7-13-8-10-14(11-9-13)12(2,3)4;1-2/h5-11H2,1-4H3;1-2H3. The molecule has 1 heterocycles. The third-order valence-electron chi connectivity index (χ3n) is 3.15. The van der Waals surface area contributed by atoms with Gasteiger partial charge in [-0.05, 0) is 33.7 Å². The Kier molecular flexibility index (Phi) is 8.04. The second kappa shape index (κ2) is 8.08. The van der Waals surface area contributed by atoms with E-state index in [0.29, 0.717) is 5.54 Å². The Morgan fingerprint density at radius 2 is 1.44 bits per heavy atom. The Hall–Kier alpha value is -0.0800. The topological polar surface area (TPSA) is 6.48 Å². The monoisotopic (exact) mass is 228 g/mol. The Morgan fingerprint density at radius 3 is 1.81 bits per heavy atom. The molecule has 0 N–H and O–H groups in total. The quantitative estimate of drug-likeness (QED) is 0.732. The van der Waals surface area contributed by atoms with E-state index in [1.807, 2.05) is 13.8 Å². The first kappa shape index (κ1) is 15.9. The van der Waals surface area contributed by atoms with Crippen molar-refractivity contribution in [2.24, 2.45) is 0 Å². The highest BCUT2D eigenvalue weighted by molar-refractivity contribution is 4.81. The summed E-state index contributed by atoms with van der Waals surface area (Å²) in [7, 11) is 0. The molecule has 1 aliphatic rings. The van der Waals surface area contributed by atoms with Gasteiger partial charge in [-0.3, -0.25) is 4.90 Å². The smallest absolute Gasteiger partial charge is 0.0126 e. The Morgan fingerprint density at radius 1 is 0.938 bits per heavy atom. The summed E-state index contributed by atoms with van der Waals surface area (Å²) in [5.41, 5.74) is 0.358.